The number of methoxy groups -OCH3 is 1. The monoisotopic (exact) mass is 613 g/mol. The van der Waals surface area contributed by atoms with Gasteiger partial charge in [0.2, 0.25) is 11.8 Å². The molecule has 3 rings (SSSR count). The Kier molecular flexibility index (Phi) is 11.8. The Balaban J connectivity index is 2.11. The lowest BCUT2D eigenvalue weighted by Crippen LogP contribution is -2.52. The number of anilines is 1. The first kappa shape index (κ1) is 32.9. The van der Waals surface area contributed by atoms with Crippen molar-refractivity contribution in [1.29, 1.82) is 0 Å². The number of hydrogen-bond donors (Lipinski definition) is 1. The molecule has 42 heavy (non-hydrogen) atoms. The molecule has 0 unspecified atom stereocenters. The molecular weight excluding hydrogens is 574 g/mol. The van der Waals surface area contributed by atoms with Gasteiger partial charge in [-0.1, -0.05) is 79.4 Å². The van der Waals surface area contributed by atoms with E-state index < -0.39 is 28.5 Å². The van der Waals surface area contributed by atoms with Crippen LogP contribution in [-0.4, -0.2) is 51.4 Å². The summed E-state index contributed by atoms with van der Waals surface area (Å²) >= 11 is 6.31. The van der Waals surface area contributed by atoms with Gasteiger partial charge in [-0.15, -0.1) is 0 Å². The summed E-state index contributed by atoms with van der Waals surface area (Å²) in [7, 11) is -2.83. The van der Waals surface area contributed by atoms with E-state index in [1.165, 1.54) is 30.2 Å². The molecule has 0 spiro atoms. The molecule has 3 aromatic rings. The maximum atomic E-state index is 14.2. The van der Waals surface area contributed by atoms with E-state index in [1.807, 2.05) is 52.0 Å². The molecule has 0 fully saturated rings. The van der Waals surface area contributed by atoms with Gasteiger partial charge in [0, 0.05) is 18.1 Å². The molecule has 10 heteroatoms. The molecular formula is C32H40ClN3O5S. The van der Waals surface area contributed by atoms with Gasteiger partial charge in [-0.05, 0) is 62.6 Å². The average molecular weight is 614 g/mol. The molecule has 2 amide bonds. The fraction of sp³-hybridized carbons (Fsp3) is 0.375. The summed E-state index contributed by atoms with van der Waals surface area (Å²) in [6, 6.07) is 17.9. The van der Waals surface area contributed by atoms with E-state index in [-0.39, 0.29) is 33.8 Å². The summed E-state index contributed by atoms with van der Waals surface area (Å²) in [5, 5.41) is 3.22. The zero-order chi connectivity index (χ0) is 30.9. The highest BCUT2D eigenvalue weighted by molar-refractivity contribution is 7.92. The van der Waals surface area contributed by atoms with E-state index in [2.05, 4.69) is 5.32 Å². The van der Waals surface area contributed by atoms with Crippen molar-refractivity contribution in [2.24, 2.45) is 0 Å². The van der Waals surface area contributed by atoms with Gasteiger partial charge in [0.1, 0.15) is 18.3 Å². The summed E-state index contributed by atoms with van der Waals surface area (Å²) in [5.74, 6) is -0.579. The molecule has 1 N–H and O–H groups in total. The Morgan fingerprint density at radius 3 is 2.31 bits per heavy atom. The Morgan fingerprint density at radius 2 is 1.69 bits per heavy atom. The first-order valence-corrected chi connectivity index (χ1v) is 15.9. The second-order valence-electron chi connectivity index (χ2n) is 10.2. The number of ether oxygens (including phenoxy) is 1. The van der Waals surface area contributed by atoms with Crippen LogP contribution in [0.4, 0.5) is 5.69 Å². The van der Waals surface area contributed by atoms with Crippen molar-refractivity contribution in [1.82, 2.24) is 10.2 Å². The van der Waals surface area contributed by atoms with Crippen molar-refractivity contribution in [3.63, 3.8) is 0 Å². The van der Waals surface area contributed by atoms with Gasteiger partial charge in [-0.25, -0.2) is 8.42 Å². The van der Waals surface area contributed by atoms with Gasteiger partial charge in [-0.3, -0.25) is 13.9 Å². The van der Waals surface area contributed by atoms with Crippen LogP contribution < -0.4 is 14.4 Å². The van der Waals surface area contributed by atoms with E-state index in [4.69, 9.17) is 16.3 Å². The zero-order valence-electron chi connectivity index (χ0n) is 24.9. The van der Waals surface area contributed by atoms with Gasteiger partial charge in [0.15, 0.2) is 0 Å². The van der Waals surface area contributed by atoms with Gasteiger partial charge >= 0.3 is 0 Å². The van der Waals surface area contributed by atoms with E-state index in [9.17, 15) is 18.0 Å². The van der Waals surface area contributed by atoms with Crippen molar-refractivity contribution in [2.75, 3.05) is 24.5 Å². The van der Waals surface area contributed by atoms with Gasteiger partial charge in [-0.2, -0.15) is 0 Å². The maximum absolute atomic E-state index is 14.2. The lowest BCUT2D eigenvalue weighted by atomic mass is 10.1. The highest BCUT2D eigenvalue weighted by atomic mass is 35.5. The fourth-order valence-electron chi connectivity index (χ4n) is 4.64. The third kappa shape index (κ3) is 8.26. The molecule has 0 radical (unpaired) electrons. The van der Waals surface area contributed by atoms with Crippen LogP contribution in [-0.2, 0) is 26.2 Å². The standard InChI is InChI=1S/C32H40ClN3O5S/c1-6-8-18-34-32(38)28(7-2)35(21-25-11-9-10-24(4)19-25)31(37)22-36(29-20-26(33)14-17-30(29)41-5)42(39,40)27-15-12-23(3)13-16-27/h9-17,19-20,28H,6-8,18,21-22H2,1-5H3,(H,34,38)/t28-/m1/s1. The van der Waals surface area contributed by atoms with Crippen LogP contribution in [0.1, 0.15) is 49.8 Å². The summed E-state index contributed by atoms with van der Waals surface area (Å²) in [5.41, 5.74) is 2.85. The number of nitrogens with zero attached hydrogens (tertiary/aromatic N) is 2. The van der Waals surface area contributed by atoms with Gasteiger partial charge in [0.25, 0.3) is 10.0 Å². The molecule has 0 aliphatic rings. The van der Waals surface area contributed by atoms with Gasteiger partial charge in [0.05, 0.1) is 17.7 Å². The number of nitrogens with one attached hydrogen (secondary N) is 1. The third-order valence-corrected chi connectivity index (χ3v) is 8.96. The van der Waals surface area contributed by atoms with Crippen molar-refractivity contribution in [3.05, 3.63) is 88.4 Å². The normalized spacial score (nSPS) is 12.0. The predicted molar refractivity (Wildman–Crippen MR) is 167 cm³/mol. The minimum Gasteiger partial charge on any atom is -0.495 e. The van der Waals surface area contributed by atoms with Gasteiger partial charge < -0.3 is 15.0 Å². The average Bonchev–Trinajstić information content (AvgIpc) is 2.96. The smallest absolute Gasteiger partial charge is 0.264 e. The molecule has 0 aromatic heterocycles. The van der Waals surface area contributed by atoms with Crippen LogP contribution >= 0.6 is 11.6 Å². The Labute approximate surface area is 254 Å². The highest BCUT2D eigenvalue weighted by Gasteiger charge is 2.34. The topological polar surface area (TPSA) is 96.0 Å². The second-order valence-corrected chi connectivity index (χ2v) is 12.5. The van der Waals surface area contributed by atoms with Crippen LogP contribution in [0, 0.1) is 13.8 Å². The number of rotatable bonds is 14. The molecule has 1 atom stereocenters. The summed E-state index contributed by atoms with van der Waals surface area (Å²) < 4.78 is 34.7. The van der Waals surface area contributed by atoms with Crippen molar-refractivity contribution >= 4 is 39.1 Å². The number of unbranched alkanes of at least 4 members (excludes halogenated alkanes) is 1. The first-order valence-electron chi connectivity index (χ1n) is 14.1. The molecule has 226 valence electrons. The van der Waals surface area contributed by atoms with Crippen molar-refractivity contribution < 1.29 is 22.7 Å². The minimum atomic E-state index is -4.25. The Hall–Kier alpha value is -3.56. The zero-order valence-corrected chi connectivity index (χ0v) is 26.5. The molecule has 0 saturated carbocycles. The number of aryl methyl sites for hydroxylation is 2. The number of halogens is 1. The number of amides is 2. The third-order valence-electron chi connectivity index (χ3n) is 6.95. The lowest BCUT2D eigenvalue weighted by Gasteiger charge is -2.33. The van der Waals surface area contributed by atoms with E-state index in [1.54, 1.807) is 24.3 Å². The van der Waals surface area contributed by atoms with Crippen molar-refractivity contribution in [2.45, 2.75) is 64.4 Å². The molecule has 0 aliphatic carbocycles. The largest absolute Gasteiger partial charge is 0.495 e. The lowest BCUT2D eigenvalue weighted by molar-refractivity contribution is -0.140. The summed E-state index contributed by atoms with van der Waals surface area (Å²) in [6.45, 7) is 7.73. The number of benzene rings is 3. The van der Waals surface area contributed by atoms with Crippen molar-refractivity contribution in [3.8, 4) is 5.75 Å². The summed E-state index contributed by atoms with van der Waals surface area (Å²) in [4.78, 5) is 29.0. The molecule has 0 saturated heterocycles. The molecule has 3 aromatic carbocycles. The highest BCUT2D eigenvalue weighted by Crippen LogP contribution is 2.35. The molecule has 0 aliphatic heterocycles. The van der Waals surface area contributed by atoms with E-state index in [0.717, 1.165) is 33.8 Å². The molecule has 0 bridgehead atoms. The molecule has 8 nitrogen and oxygen atoms in total. The minimum absolute atomic E-state index is 0.0116. The number of carbonyl (C=O) groups is 2. The number of carbonyl (C=O) groups excluding carboxylic acids is 2. The van der Waals surface area contributed by atoms with E-state index in [0.29, 0.717) is 13.0 Å². The maximum Gasteiger partial charge on any atom is 0.264 e. The second kappa shape index (κ2) is 15.1. The molecule has 0 heterocycles. The Bertz CT molecular complexity index is 1480. The van der Waals surface area contributed by atoms with Crippen LogP contribution in [0.15, 0.2) is 71.6 Å². The predicted octanol–water partition coefficient (Wildman–Crippen LogP) is 5.88. The number of sulfonamides is 1. The summed E-state index contributed by atoms with van der Waals surface area (Å²) in [6.07, 6.45) is 2.07. The number of hydrogen-bond acceptors (Lipinski definition) is 5. The van der Waals surface area contributed by atoms with Crippen LogP contribution in [0.3, 0.4) is 0 Å². The first-order chi connectivity index (χ1) is 20.0. The quantitative estimate of drug-likeness (QED) is 0.229. The fourth-order valence-corrected chi connectivity index (χ4v) is 6.22. The van der Waals surface area contributed by atoms with Crippen LogP contribution in [0.2, 0.25) is 5.02 Å². The van der Waals surface area contributed by atoms with Crippen LogP contribution in [0.25, 0.3) is 0 Å². The van der Waals surface area contributed by atoms with Crippen LogP contribution in [0.5, 0.6) is 5.75 Å². The Morgan fingerprint density at radius 1 is 0.976 bits per heavy atom. The SMILES string of the molecule is CCCCNC(=O)[C@@H](CC)N(Cc1cccc(C)c1)C(=O)CN(c1cc(Cl)ccc1OC)S(=O)(=O)c1ccc(C)cc1. The van der Waals surface area contributed by atoms with E-state index >= 15 is 0 Å².